The second-order valence-electron chi connectivity index (χ2n) is 5.36. The SMILES string of the molecule is Nc1ncnc2c1c(-c1ccsc1)cn2C1=C(O)C(O)[C@@H](CO)O1. The van der Waals surface area contributed by atoms with Gasteiger partial charge in [-0.2, -0.15) is 11.3 Å². The number of nitrogens with zero attached hydrogens (tertiary/aromatic N) is 3. The Labute approximate surface area is 140 Å². The van der Waals surface area contributed by atoms with E-state index in [9.17, 15) is 15.3 Å². The zero-order valence-electron chi connectivity index (χ0n) is 12.3. The van der Waals surface area contributed by atoms with Gasteiger partial charge in [-0.3, -0.25) is 4.57 Å². The van der Waals surface area contributed by atoms with Gasteiger partial charge in [0.15, 0.2) is 23.6 Å². The molecule has 1 unspecified atom stereocenters. The summed E-state index contributed by atoms with van der Waals surface area (Å²) in [7, 11) is 0. The summed E-state index contributed by atoms with van der Waals surface area (Å²) in [6.45, 7) is -0.428. The molecule has 0 saturated carbocycles. The fourth-order valence-electron chi connectivity index (χ4n) is 2.76. The van der Waals surface area contributed by atoms with Crippen LogP contribution in [0.25, 0.3) is 28.0 Å². The number of nitrogens with two attached hydrogens (primary N) is 1. The monoisotopic (exact) mass is 346 g/mol. The first-order valence-corrected chi connectivity index (χ1v) is 8.09. The molecule has 0 radical (unpaired) electrons. The van der Waals surface area contributed by atoms with Gasteiger partial charge >= 0.3 is 0 Å². The zero-order valence-corrected chi connectivity index (χ0v) is 13.1. The minimum Gasteiger partial charge on any atom is -0.505 e. The van der Waals surface area contributed by atoms with Crippen LogP contribution in [0, 0.1) is 0 Å². The van der Waals surface area contributed by atoms with E-state index in [4.69, 9.17) is 10.5 Å². The van der Waals surface area contributed by atoms with Crippen LogP contribution in [0.4, 0.5) is 5.82 Å². The molecule has 2 atom stereocenters. The Morgan fingerprint density at radius 3 is 2.88 bits per heavy atom. The Morgan fingerprint density at radius 2 is 2.21 bits per heavy atom. The smallest absolute Gasteiger partial charge is 0.241 e. The summed E-state index contributed by atoms with van der Waals surface area (Å²) < 4.78 is 7.00. The van der Waals surface area contributed by atoms with Crippen molar-refractivity contribution in [3.05, 3.63) is 35.1 Å². The number of nitrogen functional groups attached to an aromatic ring is 1. The van der Waals surface area contributed by atoms with Gasteiger partial charge in [0.2, 0.25) is 5.88 Å². The van der Waals surface area contributed by atoms with Crippen molar-refractivity contribution < 1.29 is 20.1 Å². The van der Waals surface area contributed by atoms with Crippen molar-refractivity contribution in [1.82, 2.24) is 14.5 Å². The zero-order chi connectivity index (χ0) is 16.8. The second-order valence-corrected chi connectivity index (χ2v) is 6.14. The maximum absolute atomic E-state index is 10.2. The lowest BCUT2D eigenvalue weighted by atomic mass is 10.1. The van der Waals surface area contributed by atoms with Crippen molar-refractivity contribution in [2.75, 3.05) is 12.3 Å². The molecule has 4 rings (SSSR count). The van der Waals surface area contributed by atoms with Gasteiger partial charge in [0, 0.05) is 11.8 Å². The van der Waals surface area contributed by atoms with Gasteiger partial charge in [-0.1, -0.05) is 0 Å². The van der Waals surface area contributed by atoms with Crippen molar-refractivity contribution in [3.8, 4) is 11.1 Å². The summed E-state index contributed by atoms with van der Waals surface area (Å²) >= 11 is 1.54. The lowest BCUT2D eigenvalue weighted by Gasteiger charge is -2.12. The third-order valence-corrected chi connectivity index (χ3v) is 4.64. The lowest BCUT2D eigenvalue weighted by molar-refractivity contribution is 0.0140. The number of aliphatic hydroxyl groups is 3. The number of aliphatic hydroxyl groups excluding tert-OH is 3. The maximum Gasteiger partial charge on any atom is 0.241 e. The molecule has 4 heterocycles. The van der Waals surface area contributed by atoms with E-state index in [-0.39, 0.29) is 11.6 Å². The highest BCUT2D eigenvalue weighted by Gasteiger charge is 2.37. The summed E-state index contributed by atoms with van der Waals surface area (Å²) in [6, 6.07) is 1.94. The molecule has 0 spiro atoms. The second kappa shape index (κ2) is 5.48. The largest absolute Gasteiger partial charge is 0.505 e. The minimum atomic E-state index is -1.30. The molecule has 9 heteroatoms. The molecule has 3 aromatic heterocycles. The Kier molecular flexibility index (Phi) is 3.41. The summed E-state index contributed by atoms with van der Waals surface area (Å²) in [5.41, 5.74) is 8.18. The molecule has 0 saturated heterocycles. The average Bonchev–Trinajstić information content (AvgIpc) is 3.28. The number of hydrogen-bond donors (Lipinski definition) is 4. The van der Waals surface area contributed by atoms with E-state index in [0.29, 0.717) is 16.9 Å². The number of rotatable bonds is 3. The lowest BCUT2D eigenvalue weighted by Crippen LogP contribution is -2.27. The van der Waals surface area contributed by atoms with Crippen LogP contribution in [0.5, 0.6) is 0 Å². The molecule has 5 N–H and O–H groups in total. The molecular formula is C15H14N4O4S. The number of anilines is 1. The van der Waals surface area contributed by atoms with Crippen molar-refractivity contribution in [2.45, 2.75) is 12.2 Å². The van der Waals surface area contributed by atoms with E-state index in [2.05, 4.69) is 9.97 Å². The number of ether oxygens (including phenoxy) is 1. The Bertz CT molecular complexity index is 935. The highest BCUT2D eigenvalue weighted by molar-refractivity contribution is 7.08. The Morgan fingerprint density at radius 1 is 1.38 bits per heavy atom. The maximum atomic E-state index is 10.2. The van der Waals surface area contributed by atoms with Crippen molar-refractivity contribution in [2.24, 2.45) is 0 Å². The first-order valence-electron chi connectivity index (χ1n) is 7.15. The number of hydrogen-bond acceptors (Lipinski definition) is 8. The van der Waals surface area contributed by atoms with Crippen LogP contribution >= 0.6 is 11.3 Å². The summed E-state index contributed by atoms with van der Waals surface area (Å²) in [4.78, 5) is 8.26. The average molecular weight is 346 g/mol. The van der Waals surface area contributed by atoms with Gasteiger partial charge in [0.05, 0.1) is 12.0 Å². The fraction of sp³-hybridized carbons (Fsp3) is 0.200. The number of aromatic nitrogens is 3. The summed E-state index contributed by atoms with van der Waals surface area (Å²) in [6.07, 6.45) is 0.806. The van der Waals surface area contributed by atoms with Crippen LogP contribution < -0.4 is 5.73 Å². The predicted molar refractivity (Wildman–Crippen MR) is 89.1 cm³/mol. The normalized spacial score (nSPS) is 20.8. The molecule has 0 fully saturated rings. The molecule has 8 nitrogen and oxygen atoms in total. The van der Waals surface area contributed by atoms with Crippen molar-refractivity contribution >= 4 is 34.1 Å². The van der Waals surface area contributed by atoms with Gasteiger partial charge in [0.25, 0.3) is 0 Å². The first kappa shape index (κ1) is 14.9. The molecule has 3 aromatic rings. The Hall–Kier alpha value is -2.62. The fourth-order valence-corrected chi connectivity index (χ4v) is 3.42. The molecule has 24 heavy (non-hydrogen) atoms. The number of thiophene rings is 1. The third-order valence-electron chi connectivity index (χ3n) is 3.96. The van der Waals surface area contributed by atoms with Crippen molar-refractivity contribution in [3.63, 3.8) is 0 Å². The van der Waals surface area contributed by atoms with Crippen LogP contribution in [-0.2, 0) is 4.74 Å². The quantitative estimate of drug-likeness (QED) is 0.561. The van der Waals surface area contributed by atoms with E-state index < -0.39 is 18.8 Å². The van der Waals surface area contributed by atoms with Crippen molar-refractivity contribution in [1.29, 1.82) is 0 Å². The van der Waals surface area contributed by atoms with Crippen LogP contribution in [0.15, 0.2) is 35.1 Å². The first-order chi connectivity index (χ1) is 11.6. The van der Waals surface area contributed by atoms with E-state index in [1.807, 2.05) is 16.8 Å². The van der Waals surface area contributed by atoms with Gasteiger partial charge in [-0.25, -0.2) is 9.97 Å². The van der Waals surface area contributed by atoms with Gasteiger partial charge in [0.1, 0.15) is 12.1 Å². The minimum absolute atomic E-state index is 0.0196. The van der Waals surface area contributed by atoms with Crippen LogP contribution in [0.1, 0.15) is 0 Å². The molecule has 0 bridgehead atoms. The highest BCUT2D eigenvalue weighted by atomic mass is 32.1. The van der Waals surface area contributed by atoms with Crippen LogP contribution in [0.2, 0.25) is 0 Å². The summed E-state index contributed by atoms with van der Waals surface area (Å²) in [5, 5.41) is 33.9. The highest BCUT2D eigenvalue weighted by Crippen LogP contribution is 2.37. The standard InChI is InChI=1S/C15H14N4O4S/c16-13-10-8(7-1-2-24-5-7)3-19(14(10)18-6-17-13)15-12(22)11(21)9(4-20)23-15/h1-3,5-6,9,11,20-22H,4H2,(H2,16,17,18)/t9-,11?/m1/s1. The molecule has 1 aliphatic rings. The van der Waals surface area contributed by atoms with Crippen LogP contribution in [0.3, 0.4) is 0 Å². The van der Waals surface area contributed by atoms with Crippen LogP contribution in [-0.4, -0.2) is 48.7 Å². The Balaban J connectivity index is 1.97. The topological polar surface area (TPSA) is 127 Å². The predicted octanol–water partition coefficient (Wildman–Crippen LogP) is 1.18. The molecule has 0 aromatic carbocycles. The van der Waals surface area contributed by atoms with E-state index in [0.717, 1.165) is 11.1 Å². The molecule has 124 valence electrons. The molecular weight excluding hydrogens is 332 g/mol. The molecule has 0 aliphatic carbocycles. The summed E-state index contributed by atoms with van der Waals surface area (Å²) in [5.74, 6) is -0.0385. The molecule has 0 amide bonds. The van der Waals surface area contributed by atoms with E-state index >= 15 is 0 Å². The number of fused-ring (bicyclic) bond motifs is 1. The van der Waals surface area contributed by atoms with E-state index in [1.54, 1.807) is 6.20 Å². The van der Waals surface area contributed by atoms with Gasteiger partial charge < -0.3 is 25.8 Å². The molecule has 1 aliphatic heterocycles. The van der Waals surface area contributed by atoms with E-state index in [1.165, 1.54) is 22.2 Å². The van der Waals surface area contributed by atoms with Gasteiger partial charge in [-0.15, -0.1) is 0 Å². The third kappa shape index (κ3) is 2.06. The van der Waals surface area contributed by atoms with Gasteiger partial charge in [-0.05, 0) is 22.4 Å².